The Morgan fingerprint density at radius 3 is 2.72 bits per heavy atom. The third-order valence-electron chi connectivity index (χ3n) is 2.23. The van der Waals surface area contributed by atoms with Gasteiger partial charge in [0, 0.05) is 6.07 Å². The van der Waals surface area contributed by atoms with Gasteiger partial charge in [-0.15, -0.1) is 0 Å². The highest BCUT2D eigenvalue weighted by Gasteiger charge is 2.27. The lowest BCUT2D eigenvalue weighted by atomic mass is 10.1. The lowest BCUT2D eigenvalue weighted by Gasteiger charge is -2.21. The van der Waals surface area contributed by atoms with E-state index in [0.29, 0.717) is 0 Å². The van der Waals surface area contributed by atoms with Gasteiger partial charge in [-0.05, 0) is 28.9 Å². The number of nitro benzene ring substituents is 1. The summed E-state index contributed by atoms with van der Waals surface area (Å²) in [4.78, 5) is 21.2. The van der Waals surface area contributed by atoms with Crippen molar-refractivity contribution in [2.45, 2.75) is 12.5 Å². The highest BCUT2D eigenvalue weighted by Crippen LogP contribution is 2.33. The van der Waals surface area contributed by atoms with E-state index in [4.69, 9.17) is 16.2 Å². The molecular formula is C10H12BrN3O4. The summed E-state index contributed by atoms with van der Waals surface area (Å²) < 4.78 is 5.47. The molecule has 1 unspecified atom stereocenters. The van der Waals surface area contributed by atoms with Gasteiger partial charge in [-0.3, -0.25) is 14.9 Å². The van der Waals surface area contributed by atoms with Crippen molar-refractivity contribution in [3.8, 4) is 5.75 Å². The summed E-state index contributed by atoms with van der Waals surface area (Å²) >= 11 is 3.06. The smallest absolute Gasteiger partial charge is 0.287 e. The zero-order valence-electron chi connectivity index (χ0n) is 9.55. The van der Waals surface area contributed by atoms with Crippen LogP contribution in [0.15, 0.2) is 22.7 Å². The van der Waals surface area contributed by atoms with Crippen LogP contribution in [0.25, 0.3) is 0 Å². The first-order valence-electron chi connectivity index (χ1n) is 4.90. The number of nitro groups is 1. The number of halogens is 1. The summed E-state index contributed by atoms with van der Waals surface area (Å²) in [6, 6.07) is 4.32. The van der Waals surface area contributed by atoms with E-state index in [0.717, 1.165) is 0 Å². The van der Waals surface area contributed by atoms with Gasteiger partial charge in [-0.1, -0.05) is 6.07 Å². The molecule has 0 fully saturated rings. The summed E-state index contributed by atoms with van der Waals surface area (Å²) in [6.45, 7) is 1.24. The standard InChI is InChI=1S/C10H12BrN3O4/c1-10(13,9(12)15)5-18-7-4-2-3-6(8(7)11)14(16)17/h2-4H,5,13H2,1H3,(H2,12,15). The Kier molecular flexibility index (Phi) is 4.25. The first-order chi connectivity index (χ1) is 8.25. The van der Waals surface area contributed by atoms with Gasteiger partial charge in [0.25, 0.3) is 5.69 Å². The number of hydrogen-bond acceptors (Lipinski definition) is 5. The molecule has 0 saturated heterocycles. The maximum absolute atomic E-state index is 11.0. The maximum Gasteiger partial charge on any atom is 0.287 e. The van der Waals surface area contributed by atoms with E-state index in [1.807, 2.05) is 0 Å². The number of amides is 1. The van der Waals surface area contributed by atoms with Crippen LogP contribution in [-0.4, -0.2) is 23.0 Å². The van der Waals surface area contributed by atoms with Crippen molar-refractivity contribution in [1.82, 2.24) is 0 Å². The molecule has 0 aliphatic heterocycles. The fourth-order valence-corrected chi connectivity index (χ4v) is 1.57. The molecule has 0 aliphatic rings. The highest BCUT2D eigenvalue weighted by molar-refractivity contribution is 9.10. The number of carbonyl (C=O) groups excluding carboxylic acids is 1. The molecule has 0 spiro atoms. The molecule has 4 N–H and O–H groups in total. The number of nitrogens with two attached hydrogens (primary N) is 2. The first kappa shape index (κ1) is 14.4. The van der Waals surface area contributed by atoms with Crippen LogP contribution < -0.4 is 16.2 Å². The summed E-state index contributed by atoms with van der Waals surface area (Å²) in [7, 11) is 0. The van der Waals surface area contributed by atoms with Crippen molar-refractivity contribution in [1.29, 1.82) is 0 Å². The average Bonchev–Trinajstić information content (AvgIpc) is 2.27. The third kappa shape index (κ3) is 3.17. The van der Waals surface area contributed by atoms with E-state index in [2.05, 4.69) is 15.9 Å². The Bertz CT molecular complexity index is 490. The molecule has 0 aromatic heterocycles. The second kappa shape index (κ2) is 5.32. The molecule has 1 aromatic rings. The molecule has 0 radical (unpaired) electrons. The Morgan fingerprint density at radius 2 is 2.22 bits per heavy atom. The lowest BCUT2D eigenvalue weighted by Crippen LogP contribution is -2.53. The number of rotatable bonds is 5. The van der Waals surface area contributed by atoms with Crippen molar-refractivity contribution >= 4 is 27.5 Å². The number of hydrogen-bond donors (Lipinski definition) is 2. The Morgan fingerprint density at radius 1 is 1.61 bits per heavy atom. The molecule has 7 nitrogen and oxygen atoms in total. The Hall–Kier alpha value is -1.67. The van der Waals surface area contributed by atoms with Crippen LogP contribution in [-0.2, 0) is 4.79 Å². The predicted octanol–water partition coefficient (Wildman–Crippen LogP) is 0.939. The fourth-order valence-electron chi connectivity index (χ4n) is 1.05. The minimum Gasteiger partial charge on any atom is -0.490 e. The molecule has 0 heterocycles. The number of benzene rings is 1. The largest absolute Gasteiger partial charge is 0.490 e. The molecule has 1 amide bonds. The highest BCUT2D eigenvalue weighted by atomic mass is 79.9. The van der Waals surface area contributed by atoms with Crippen LogP contribution in [0.4, 0.5) is 5.69 Å². The van der Waals surface area contributed by atoms with Gasteiger partial charge >= 0.3 is 0 Å². The molecule has 0 saturated carbocycles. The zero-order chi connectivity index (χ0) is 13.9. The summed E-state index contributed by atoms with van der Waals surface area (Å²) in [6.07, 6.45) is 0. The SMILES string of the molecule is CC(N)(COc1cccc([N+](=O)[O-])c1Br)C(N)=O. The van der Waals surface area contributed by atoms with E-state index in [-0.39, 0.29) is 22.5 Å². The molecule has 1 rings (SSSR count). The van der Waals surface area contributed by atoms with Gasteiger partial charge < -0.3 is 16.2 Å². The van der Waals surface area contributed by atoms with Gasteiger partial charge in [0.2, 0.25) is 5.91 Å². The first-order valence-corrected chi connectivity index (χ1v) is 5.69. The van der Waals surface area contributed by atoms with Crippen molar-refractivity contribution in [2.75, 3.05) is 6.61 Å². The summed E-state index contributed by atoms with van der Waals surface area (Å²) in [5.74, 6) is -0.494. The van der Waals surface area contributed by atoms with Gasteiger partial charge in [-0.2, -0.15) is 0 Å². The van der Waals surface area contributed by atoms with Gasteiger partial charge in [0.15, 0.2) is 0 Å². The molecular weight excluding hydrogens is 306 g/mol. The number of carbonyl (C=O) groups is 1. The topological polar surface area (TPSA) is 121 Å². The summed E-state index contributed by atoms with van der Waals surface area (Å²) in [5.41, 5.74) is 9.22. The fraction of sp³-hybridized carbons (Fsp3) is 0.300. The quantitative estimate of drug-likeness (QED) is 0.618. The Balaban J connectivity index is 2.90. The second-order valence-electron chi connectivity index (χ2n) is 3.92. The van der Waals surface area contributed by atoms with Crippen molar-refractivity contribution in [3.05, 3.63) is 32.8 Å². The average molecular weight is 318 g/mol. The van der Waals surface area contributed by atoms with Gasteiger partial charge in [0.1, 0.15) is 22.4 Å². The predicted molar refractivity (Wildman–Crippen MR) is 68.1 cm³/mol. The van der Waals surface area contributed by atoms with Crippen molar-refractivity contribution in [3.63, 3.8) is 0 Å². The third-order valence-corrected chi connectivity index (χ3v) is 3.03. The van der Waals surface area contributed by atoms with E-state index in [1.54, 1.807) is 0 Å². The lowest BCUT2D eigenvalue weighted by molar-refractivity contribution is -0.385. The normalized spacial score (nSPS) is 13.7. The van der Waals surface area contributed by atoms with Crippen LogP contribution in [0.2, 0.25) is 0 Å². The Labute approximate surface area is 111 Å². The van der Waals surface area contributed by atoms with Crippen LogP contribution in [0, 0.1) is 10.1 Å². The number of primary amides is 1. The van der Waals surface area contributed by atoms with Crippen molar-refractivity contribution < 1.29 is 14.5 Å². The second-order valence-corrected chi connectivity index (χ2v) is 4.71. The minimum atomic E-state index is -1.34. The molecule has 8 heteroatoms. The van der Waals surface area contributed by atoms with Crippen LogP contribution >= 0.6 is 15.9 Å². The van der Waals surface area contributed by atoms with Gasteiger partial charge in [0.05, 0.1) is 4.92 Å². The monoisotopic (exact) mass is 317 g/mol. The molecule has 98 valence electrons. The van der Waals surface area contributed by atoms with Crippen LogP contribution in [0.1, 0.15) is 6.92 Å². The number of nitrogens with zero attached hydrogens (tertiary/aromatic N) is 1. The van der Waals surface area contributed by atoms with Crippen molar-refractivity contribution in [2.24, 2.45) is 11.5 Å². The van der Waals surface area contributed by atoms with E-state index >= 15 is 0 Å². The van der Waals surface area contributed by atoms with E-state index in [9.17, 15) is 14.9 Å². The molecule has 1 aromatic carbocycles. The molecule has 0 bridgehead atoms. The van der Waals surface area contributed by atoms with Crippen LogP contribution in [0.3, 0.4) is 0 Å². The minimum absolute atomic E-state index is 0.134. The van der Waals surface area contributed by atoms with Crippen LogP contribution in [0.5, 0.6) is 5.75 Å². The van der Waals surface area contributed by atoms with E-state index in [1.165, 1.54) is 25.1 Å². The van der Waals surface area contributed by atoms with E-state index < -0.39 is 16.4 Å². The molecule has 18 heavy (non-hydrogen) atoms. The molecule has 1 atom stereocenters. The maximum atomic E-state index is 11.0. The number of ether oxygens (including phenoxy) is 1. The van der Waals surface area contributed by atoms with Gasteiger partial charge in [-0.25, -0.2) is 0 Å². The molecule has 0 aliphatic carbocycles. The summed E-state index contributed by atoms with van der Waals surface area (Å²) in [5, 5.41) is 10.7. The zero-order valence-corrected chi connectivity index (χ0v) is 11.1.